The number of ketones is 1. The summed E-state index contributed by atoms with van der Waals surface area (Å²) in [5, 5.41) is 0. The van der Waals surface area contributed by atoms with Gasteiger partial charge in [0, 0.05) is 37.3 Å². The Balaban J connectivity index is 2.39. The predicted octanol–water partition coefficient (Wildman–Crippen LogP) is 3.78. The minimum absolute atomic E-state index is 0.272. The van der Waals surface area contributed by atoms with Crippen molar-refractivity contribution in [1.29, 1.82) is 0 Å². The van der Waals surface area contributed by atoms with E-state index in [1.807, 2.05) is 0 Å². The van der Waals surface area contributed by atoms with Gasteiger partial charge in [-0.05, 0) is 26.2 Å². The number of alkyl halides is 2. The number of halogens is 2. The van der Waals surface area contributed by atoms with Gasteiger partial charge in [-0.1, -0.05) is 23.8 Å². The van der Waals surface area contributed by atoms with Crippen molar-refractivity contribution in [1.82, 2.24) is 4.90 Å². The van der Waals surface area contributed by atoms with Crippen LogP contribution in [0.1, 0.15) is 32.6 Å². The maximum atomic E-state index is 10.9. The Bertz CT molecular complexity index is 333. The first-order valence-corrected chi connectivity index (χ1v) is 7.97. The summed E-state index contributed by atoms with van der Waals surface area (Å²) >= 11 is 11.6. The Morgan fingerprint density at radius 1 is 1.37 bits per heavy atom. The van der Waals surface area contributed by atoms with E-state index in [1.165, 1.54) is 5.57 Å². The zero-order valence-electron chi connectivity index (χ0n) is 11.6. The summed E-state index contributed by atoms with van der Waals surface area (Å²) in [7, 11) is 0. The van der Waals surface area contributed by atoms with Gasteiger partial charge in [-0.25, -0.2) is 0 Å². The second kappa shape index (κ2) is 9.57. The van der Waals surface area contributed by atoms with Gasteiger partial charge >= 0.3 is 0 Å². The summed E-state index contributed by atoms with van der Waals surface area (Å²) in [5.74, 6) is 1.54. The number of hydrogen-bond donors (Lipinski definition) is 0. The average molecular weight is 304 g/mol. The third-order valence-corrected chi connectivity index (χ3v) is 3.70. The lowest BCUT2D eigenvalue weighted by Gasteiger charge is -2.29. The fraction of sp³-hybridized carbons (Fsp3) is 0.667. The largest absolute Gasteiger partial charge is 0.300 e. The van der Waals surface area contributed by atoms with Gasteiger partial charge in [-0.2, -0.15) is 0 Å². The molecule has 1 atom stereocenters. The molecule has 1 unspecified atom stereocenters. The van der Waals surface area contributed by atoms with Crippen molar-refractivity contribution in [3.63, 3.8) is 0 Å². The normalized spacial score (nSPS) is 18.7. The number of rotatable bonds is 9. The lowest BCUT2D eigenvalue weighted by molar-refractivity contribution is -0.117. The zero-order valence-corrected chi connectivity index (χ0v) is 13.1. The molecule has 0 aromatic heterocycles. The molecule has 0 radical (unpaired) electrons. The van der Waals surface area contributed by atoms with Crippen LogP contribution in [0.25, 0.3) is 0 Å². The van der Waals surface area contributed by atoms with E-state index < -0.39 is 0 Å². The molecule has 0 aliphatic heterocycles. The number of carbonyl (C=O) groups excluding carboxylic acids is 1. The van der Waals surface area contributed by atoms with Crippen LogP contribution >= 0.6 is 23.2 Å². The van der Waals surface area contributed by atoms with Crippen LogP contribution < -0.4 is 0 Å². The van der Waals surface area contributed by atoms with E-state index in [0.717, 1.165) is 32.4 Å². The molecule has 0 spiro atoms. The summed E-state index contributed by atoms with van der Waals surface area (Å²) in [6.45, 7) is 3.39. The van der Waals surface area contributed by atoms with Crippen LogP contribution in [0.2, 0.25) is 0 Å². The molecule has 2 nitrogen and oxygen atoms in total. The molecule has 0 amide bonds. The van der Waals surface area contributed by atoms with Crippen LogP contribution in [-0.4, -0.2) is 41.6 Å². The summed E-state index contributed by atoms with van der Waals surface area (Å²) in [6, 6.07) is 0.411. The molecule has 1 rings (SSSR count). The first-order chi connectivity index (χ1) is 9.17. The zero-order chi connectivity index (χ0) is 14.1. The topological polar surface area (TPSA) is 20.3 Å². The molecule has 1 aliphatic carbocycles. The van der Waals surface area contributed by atoms with Gasteiger partial charge in [0.1, 0.15) is 5.78 Å². The Morgan fingerprint density at radius 3 is 2.53 bits per heavy atom. The minimum Gasteiger partial charge on any atom is -0.300 e. The molecule has 4 heteroatoms. The van der Waals surface area contributed by atoms with E-state index in [4.69, 9.17) is 23.2 Å². The maximum Gasteiger partial charge on any atom is 0.129 e. The van der Waals surface area contributed by atoms with E-state index in [9.17, 15) is 4.79 Å². The summed E-state index contributed by atoms with van der Waals surface area (Å²) in [5.41, 5.74) is 1.34. The molecule has 0 aromatic carbocycles. The third kappa shape index (κ3) is 6.60. The highest BCUT2D eigenvalue weighted by Gasteiger charge is 2.16. The van der Waals surface area contributed by atoms with Crippen molar-refractivity contribution in [3.8, 4) is 0 Å². The number of nitrogens with zero attached hydrogens (tertiary/aromatic N) is 1. The number of Topliss-reactive ketones (excluding diaryl/α,β-unsaturated/α-hetero) is 1. The highest BCUT2D eigenvalue weighted by Crippen LogP contribution is 2.20. The minimum atomic E-state index is 0.272. The van der Waals surface area contributed by atoms with Crippen molar-refractivity contribution in [2.24, 2.45) is 0 Å². The van der Waals surface area contributed by atoms with Crippen molar-refractivity contribution >= 4 is 29.0 Å². The van der Waals surface area contributed by atoms with Gasteiger partial charge in [-0.15, -0.1) is 23.2 Å². The molecule has 1 aliphatic rings. The quantitative estimate of drug-likeness (QED) is 0.604. The van der Waals surface area contributed by atoms with Crippen molar-refractivity contribution < 1.29 is 4.79 Å². The molecule has 0 heterocycles. The lowest BCUT2D eigenvalue weighted by Crippen LogP contribution is -2.37. The van der Waals surface area contributed by atoms with E-state index in [-0.39, 0.29) is 5.78 Å². The Labute approximate surface area is 126 Å². The SMILES string of the molecule is CC(=O)CCCC1=CCC(N(CCCl)CCCl)C=C1. The van der Waals surface area contributed by atoms with Crippen molar-refractivity contribution in [3.05, 3.63) is 23.8 Å². The smallest absolute Gasteiger partial charge is 0.129 e. The van der Waals surface area contributed by atoms with Crippen LogP contribution in [0.3, 0.4) is 0 Å². The molecule has 108 valence electrons. The molecule has 0 bridgehead atoms. The summed E-state index contributed by atoms with van der Waals surface area (Å²) in [4.78, 5) is 13.2. The number of carbonyl (C=O) groups is 1. The standard InChI is InChI=1S/C15H23Cl2NO/c1-13(19)3-2-4-14-5-7-15(8-6-14)18(11-9-16)12-10-17/h5-7,15H,2-4,8-12H2,1H3. The first kappa shape index (κ1) is 16.7. The van der Waals surface area contributed by atoms with Crippen LogP contribution in [0, 0.1) is 0 Å². The van der Waals surface area contributed by atoms with Gasteiger partial charge in [0.25, 0.3) is 0 Å². The molecule has 0 saturated carbocycles. The average Bonchev–Trinajstić information content (AvgIpc) is 2.39. The summed E-state index contributed by atoms with van der Waals surface area (Å²) in [6.07, 6.45) is 10.3. The van der Waals surface area contributed by atoms with E-state index in [0.29, 0.717) is 24.2 Å². The van der Waals surface area contributed by atoms with Crippen molar-refractivity contribution in [2.75, 3.05) is 24.8 Å². The molecule has 0 N–H and O–H groups in total. The van der Waals surface area contributed by atoms with Gasteiger partial charge < -0.3 is 4.79 Å². The predicted molar refractivity (Wildman–Crippen MR) is 83.2 cm³/mol. The molecule has 0 fully saturated rings. The van der Waals surface area contributed by atoms with Gasteiger partial charge in [0.2, 0.25) is 0 Å². The molecule has 0 aromatic rings. The van der Waals surface area contributed by atoms with E-state index >= 15 is 0 Å². The fourth-order valence-electron chi connectivity index (χ4n) is 2.31. The highest BCUT2D eigenvalue weighted by molar-refractivity contribution is 6.18. The molecule has 0 saturated heterocycles. The number of allylic oxidation sites excluding steroid dienone is 2. The van der Waals surface area contributed by atoms with Gasteiger partial charge in [0.15, 0.2) is 0 Å². The second-order valence-electron chi connectivity index (χ2n) is 4.91. The lowest BCUT2D eigenvalue weighted by atomic mass is 9.97. The van der Waals surface area contributed by atoms with Crippen LogP contribution in [-0.2, 0) is 4.79 Å². The van der Waals surface area contributed by atoms with Crippen molar-refractivity contribution in [2.45, 2.75) is 38.6 Å². The Morgan fingerprint density at radius 2 is 2.05 bits per heavy atom. The third-order valence-electron chi connectivity index (χ3n) is 3.36. The van der Waals surface area contributed by atoms with Gasteiger partial charge in [-0.3, -0.25) is 4.90 Å². The first-order valence-electron chi connectivity index (χ1n) is 6.90. The van der Waals surface area contributed by atoms with E-state index in [2.05, 4.69) is 23.1 Å². The maximum absolute atomic E-state index is 10.9. The Hall–Kier alpha value is -0.310. The van der Waals surface area contributed by atoms with Crippen LogP contribution in [0.4, 0.5) is 0 Å². The van der Waals surface area contributed by atoms with Gasteiger partial charge in [0.05, 0.1) is 0 Å². The fourth-order valence-corrected chi connectivity index (χ4v) is 2.75. The highest BCUT2D eigenvalue weighted by atomic mass is 35.5. The molecular weight excluding hydrogens is 281 g/mol. The van der Waals surface area contributed by atoms with Crippen LogP contribution in [0.5, 0.6) is 0 Å². The molecular formula is C15H23Cl2NO. The monoisotopic (exact) mass is 303 g/mol. The Kier molecular flexibility index (Phi) is 8.43. The summed E-state index contributed by atoms with van der Waals surface area (Å²) < 4.78 is 0. The number of hydrogen-bond acceptors (Lipinski definition) is 2. The molecule has 19 heavy (non-hydrogen) atoms. The second-order valence-corrected chi connectivity index (χ2v) is 5.67. The van der Waals surface area contributed by atoms with Crippen LogP contribution in [0.15, 0.2) is 23.8 Å². The van der Waals surface area contributed by atoms with E-state index in [1.54, 1.807) is 6.92 Å².